The van der Waals surface area contributed by atoms with Crippen LogP contribution in [0, 0.1) is 0 Å². The van der Waals surface area contributed by atoms with Gasteiger partial charge in [-0.05, 0) is 98.1 Å². The average Bonchev–Trinajstić information content (AvgIpc) is 3.08. The third kappa shape index (κ3) is 6.64. The molecule has 1 fully saturated rings. The Kier molecular flexibility index (Phi) is 9.41. The summed E-state index contributed by atoms with van der Waals surface area (Å²) in [5, 5.41) is 3.77. The Morgan fingerprint density at radius 2 is 1.51 bits per heavy atom. The summed E-state index contributed by atoms with van der Waals surface area (Å²) in [6.07, 6.45) is 13.1. The van der Waals surface area contributed by atoms with Crippen LogP contribution in [0.1, 0.15) is 66.3 Å². The van der Waals surface area contributed by atoms with Crippen LogP contribution in [0.4, 0.5) is 0 Å². The highest BCUT2D eigenvalue weighted by Gasteiger charge is 2.39. The molecule has 1 atom stereocenters. The predicted octanol–water partition coefficient (Wildman–Crippen LogP) is 8.44. The first kappa shape index (κ1) is 29.4. The number of benzene rings is 4. The van der Waals surface area contributed by atoms with Gasteiger partial charge in [0.15, 0.2) is 0 Å². The molecular formula is C40H46N2O. The fraction of sp³-hybridized carbons (Fsp3) is 0.350. The highest BCUT2D eigenvalue weighted by atomic mass is 16.5. The Morgan fingerprint density at radius 1 is 0.814 bits per heavy atom. The normalized spacial score (nSPS) is 18.4. The van der Waals surface area contributed by atoms with Gasteiger partial charge >= 0.3 is 0 Å². The second kappa shape index (κ2) is 13.8. The molecule has 1 heterocycles. The third-order valence-corrected chi connectivity index (χ3v) is 9.93. The van der Waals surface area contributed by atoms with Gasteiger partial charge in [0.05, 0.1) is 7.11 Å². The van der Waals surface area contributed by atoms with E-state index in [-0.39, 0.29) is 11.0 Å². The highest BCUT2D eigenvalue weighted by Crippen LogP contribution is 2.42. The Balaban J connectivity index is 1.22. The average molecular weight is 571 g/mol. The van der Waals surface area contributed by atoms with E-state index in [9.17, 15) is 0 Å². The molecule has 6 rings (SSSR count). The van der Waals surface area contributed by atoms with Crippen LogP contribution in [0.3, 0.4) is 0 Å². The van der Waals surface area contributed by atoms with E-state index in [4.69, 9.17) is 4.74 Å². The minimum atomic E-state index is -0.0410. The topological polar surface area (TPSA) is 24.5 Å². The van der Waals surface area contributed by atoms with Crippen molar-refractivity contribution in [2.75, 3.05) is 26.7 Å². The van der Waals surface area contributed by atoms with Gasteiger partial charge in [0.2, 0.25) is 0 Å². The van der Waals surface area contributed by atoms with Crippen molar-refractivity contribution in [1.82, 2.24) is 10.2 Å². The van der Waals surface area contributed by atoms with Crippen molar-refractivity contribution in [3.05, 3.63) is 143 Å². The number of nitrogens with one attached hydrogen (secondary N) is 1. The summed E-state index contributed by atoms with van der Waals surface area (Å²) in [5.41, 5.74) is 7.03. The van der Waals surface area contributed by atoms with E-state index in [1.54, 1.807) is 7.11 Å². The van der Waals surface area contributed by atoms with Gasteiger partial charge in [-0.3, -0.25) is 4.90 Å². The van der Waals surface area contributed by atoms with Crippen LogP contribution in [-0.2, 0) is 18.4 Å². The van der Waals surface area contributed by atoms with Gasteiger partial charge in [-0.25, -0.2) is 0 Å². The van der Waals surface area contributed by atoms with E-state index in [2.05, 4.69) is 132 Å². The number of fused-ring (bicyclic) bond motifs is 1. The maximum absolute atomic E-state index is 5.51. The Morgan fingerprint density at radius 3 is 2.21 bits per heavy atom. The van der Waals surface area contributed by atoms with Gasteiger partial charge in [0, 0.05) is 17.5 Å². The van der Waals surface area contributed by atoms with Crippen molar-refractivity contribution in [3.63, 3.8) is 0 Å². The molecule has 4 aromatic rings. The van der Waals surface area contributed by atoms with E-state index in [1.165, 1.54) is 53.6 Å². The molecule has 3 nitrogen and oxygen atoms in total. The largest absolute Gasteiger partial charge is 0.497 e. The third-order valence-electron chi connectivity index (χ3n) is 9.93. The molecule has 1 aliphatic carbocycles. The zero-order valence-corrected chi connectivity index (χ0v) is 25.7. The second-order valence-corrected chi connectivity index (χ2v) is 12.5. The Bertz CT molecular complexity index is 1430. The van der Waals surface area contributed by atoms with Crippen molar-refractivity contribution in [2.24, 2.45) is 0 Å². The maximum atomic E-state index is 5.51. The molecule has 222 valence electrons. The van der Waals surface area contributed by atoms with Crippen molar-refractivity contribution in [1.29, 1.82) is 0 Å². The summed E-state index contributed by atoms with van der Waals surface area (Å²) in [7, 11) is 1.75. The number of hydrogen-bond donors (Lipinski definition) is 1. The molecule has 2 aliphatic rings. The zero-order valence-electron chi connectivity index (χ0n) is 25.7. The molecule has 1 unspecified atom stereocenters. The molecule has 1 saturated heterocycles. The number of likely N-dealkylation sites (tertiary alicyclic amines) is 1. The molecule has 43 heavy (non-hydrogen) atoms. The monoisotopic (exact) mass is 570 g/mol. The SMILES string of the molecule is COc1ccc2c(c1)C=CC1(CCCCN1CCCC(CCNCc1ccccc1)(c1ccccc1)c1ccccc1)C2. The molecule has 4 aromatic carbocycles. The van der Waals surface area contributed by atoms with Crippen LogP contribution >= 0.6 is 0 Å². The molecular weight excluding hydrogens is 524 g/mol. The summed E-state index contributed by atoms with van der Waals surface area (Å²) >= 11 is 0. The number of ether oxygens (including phenoxy) is 1. The van der Waals surface area contributed by atoms with Gasteiger partial charge in [-0.15, -0.1) is 0 Å². The summed E-state index contributed by atoms with van der Waals surface area (Å²) in [6, 6.07) is 39.9. The summed E-state index contributed by atoms with van der Waals surface area (Å²) in [6.45, 7) is 4.17. The number of nitrogens with zero attached hydrogens (tertiary/aromatic N) is 1. The lowest BCUT2D eigenvalue weighted by molar-refractivity contribution is 0.0813. The fourth-order valence-corrected chi connectivity index (χ4v) is 7.57. The van der Waals surface area contributed by atoms with Crippen LogP contribution in [0.5, 0.6) is 5.75 Å². The van der Waals surface area contributed by atoms with Gasteiger partial charge < -0.3 is 10.1 Å². The van der Waals surface area contributed by atoms with Crippen LogP contribution in [0.15, 0.2) is 115 Å². The smallest absolute Gasteiger partial charge is 0.119 e. The molecule has 1 aliphatic heterocycles. The quantitative estimate of drug-likeness (QED) is 0.173. The van der Waals surface area contributed by atoms with Gasteiger partial charge in [-0.2, -0.15) is 0 Å². The van der Waals surface area contributed by atoms with Gasteiger partial charge in [0.1, 0.15) is 5.75 Å². The van der Waals surface area contributed by atoms with E-state index >= 15 is 0 Å². The first-order valence-corrected chi connectivity index (χ1v) is 16.2. The number of methoxy groups -OCH3 is 1. The molecule has 3 heteroatoms. The van der Waals surface area contributed by atoms with Gasteiger partial charge in [-0.1, -0.05) is 116 Å². The van der Waals surface area contributed by atoms with Crippen molar-refractivity contribution >= 4 is 6.08 Å². The standard InChI is InChI=1S/C40H46N2O/c1-43-38-21-20-35-31-39(25-22-34(35)30-38)23-11-12-28-42(39)29-13-24-40(36-16-7-3-8-17-36,37-18-9-4-10-19-37)26-27-41-32-33-14-5-2-6-15-33/h2-10,14-22,25,30,41H,11-13,23-24,26-29,31-32H2,1H3. The van der Waals surface area contributed by atoms with Crippen molar-refractivity contribution in [3.8, 4) is 5.75 Å². The molecule has 1 N–H and O–H groups in total. The van der Waals surface area contributed by atoms with E-state index < -0.39 is 0 Å². The highest BCUT2D eigenvalue weighted by molar-refractivity contribution is 5.61. The molecule has 0 radical (unpaired) electrons. The zero-order chi connectivity index (χ0) is 29.4. The Labute approximate surface area is 258 Å². The number of rotatable bonds is 12. The molecule has 1 spiro atoms. The lowest BCUT2D eigenvalue weighted by Crippen LogP contribution is -2.53. The Hall–Kier alpha value is -3.66. The summed E-state index contributed by atoms with van der Waals surface area (Å²) in [4.78, 5) is 2.81. The molecule has 0 saturated carbocycles. The lowest BCUT2D eigenvalue weighted by Gasteiger charge is -2.48. The van der Waals surface area contributed by atoms with Crippen molar-refractivity contribution < 1.29 is 4.74 Å². The van der Waals surface area contributed by atoms with Crippen molar-refractivity contribution in [2.45, 2.75) is 62.4 Å². The minimum Gasteiger partial charge on any atom is -0.497 e. The number of piperidine rings is 1. The van der Waals surface area contributed by atoms with E-state index in [0.717, 1.165) is 51.1 Å². The summed E-state index contributed by atoms with van der Waals surface area (Å²) in [5.74, 6) is 0.941. The van der Waals surface area contributed by atoms with E-state index in [1.807, 2.05) is 0 Å². The van der Waals surface area contributed by atoms with Crippen LogP contribution in [0.25, 0.3) is 6.08 Å². The lowest BCUT2D eigenvalue weighted by atomic mass is 9.68. The van der Waals surface area contributed by atoms with Crippen LogP contribution < -0.4 is 10.1 Å². The first-order chi connectivity index (χ1) is 21.2. The fourth-order valence-electron chi connectivity index (χ4n) is 7.57. The van der Waals surface area contributed by atoms with E-state index in [0.29, 0.717) is 0 Å². The molecule has 0 amide bonds. The second-order valence-electron chi connectivity index (χ2n) is 12.5. The first-order valence-electron chi connectivity index (χ1n) is 16.2. The number of hydrogen-bond acceptors (Lipinski definition) is 3. The van der Waals surface area contributed by atoms with Crippen LogP contribution in [0.2, 0.25) is 0 Å². The predicted molar refractivity (Wildman–Crippen MR) is 180 cm³/mol. The van der Waals surface area contributed by atoms with Crippen LogP contribution in [-0.4, -0.2) is 37.2 Å². The molecule has 0 aromatic heterocycles. The van der Waals surface area contributed by atoms with Gasteiger partial charge in [0.25, 0.3) is 0 Å². The summed E-state index contributed by atoms with van der Waals surface area (Å²) < 4.78 is 5.51. The maximum Gasteiger partial charge on any atom is 0.119 e. The molecule has 0 bridgehead atoms. The minimum absolute atomic E-state index is 0.0410.